The maximum Gasteiger partial charge on any atom is 0.263 e. The molecular formula is C20H24BrN3O4S. The molecule has 0 heterocycles. The third-order valence-corrected chi connectivity index (χ3v) is 5.86. The van der Waals surface area contributed by atoms with Crippen molar-refractivity contribution in [3.05, 3.63) is 58.6 Å². The molecule has 0 saturated carbocycles. The molecule has 0 spiro atoms. The zero-order chi connectivity index (χ0) is 21.6. The van der Waals surface area contributed by atoms with Crippen molar-refractivity contribution in [3.8, 4) is 5.75 Å². The number of hydrazone groups is 1. The van der Waals surface area contributed by atoms with Crippen LogP contribution in [-0.2, 0) is 14.8 Å². The van der Waals surface area contributed by atoms with E-state index in [9.17, 15) is 13.2 Å². The van der Waals surface area contributed by atoms with E-state index in [0.717, 1.165) is 20.6 Å². The van der Waals surface area contributed by atoms with Gasteiger partial charge < -0.3 is 4.74 Å². The lowest BCUT2D eigenvalue weighted by molar-refractivity contribution is -0.121. The highest BCUT2D eigenvalue weighted by Crippen LogP contribution is 2.24. The monoisotopic (exact) mass is 481 g/mol. The summed E-state index contributed by atoms with van der Waals surface area (Å²) < 4.78 is 32.1. The molecule has 0 unspecified atom stereocenters. The van der Waals surface area contributed by atoms with Crippen LogP contribution < -0.4 is 14.5 Å². The van der Waals surface area contributed by atoms with E-state index in [4.69, 9.17) is 4.74 Å². The van der Waals surface area contributed by atoms with E-state index in [1.54, 1.807) is 31.2 Å². The van der Waals surface area contributed by atoms with Gasteiger partial charge in [0.25, 0.3) is 5.91 Å². The minimum Gasteiger partial charge on any atom is -0.494 e. The summed E-state index contributed by atoms with van der Waals surface area (Å²) in [4.78, 5) is 12.6. The molecule has 9 heteroatoms. The van der Waals surface area contributed by atoms with Gasteiger partial charge in [0.05, 0.1) is 24.3 Å². The Balaban J connectivity index is 2.20. The lowest BCUT2D eigenvalue weighted by Gasteiger charge is -2.27. The van der Waals surface area contributed by atoms with Crippen molar-refractivity contribution in [3.63, 3.8) is 0 Å². The maximum atomic E-state index is 12.6. The van der Waals surface area contributed by atoms with Crippen LogP contribution in [0, 0.1) is 0 Å². The van der Waals surface area contributed by atoms with E-state index < -0.39 is 22.0 Å². The number of rotatable bonds is 8. The van der Waals surface area contributed by atoms with E-state index >= 15 is 0 Å². The number of hydrogen-bond acceptors (Lipinski definition) is 5. The Kier molecular flexibility index (Phi) is 7.80. The molecule has 7 nitrogen and oxygen atoms in total. The summed E-state index contributed by atoms with van der Waals surface area (Å²) in [5, 5.41) is 4.10. The maximum absolute atomic E-state index is 12.6. The fraction of sp³-hybridized carbons (Fsp3) is 0.300. The second-order valence-corrected chi connectivity index (χ2v) is 9.12. The Hall–Kier alpha value is -2.39. The Morgan fingerprint density at radius 3 is 2.28 bits per heavy atom. The summed E-state index contributed by atoms with van der Waals surface area (Å²) in [6.45, 7) is 5.63. The lowest BCUT2D eigenvalue weighted by Crippen LogP contribution is -2.46. The highest BCUT2D eigenvalue weighted by Gasteiger charge is 2.29. The molecule has 0 bridgehead atoms. The van der Waals surface area contributed by atoms with Crippen molar-refractivity contribution in [2.75, 3.05) is 17.2 Å². The average Bonchev–Trinajstić information content (AvgIpc) is 2.67. The molecule has 156 valence electrons. The zero-order valence-electron chi connectivity index (χ0n) is 16.7. The number of nitrogens with one attached hydrogen (secondary N) is 1. The second-order valence-electron chi connectivity index (χ2n) is 6.34. The van der Waals surface area contributed by atoms with E-state index in [-0.39, 0.29) is 0 Å². The molecule has 0 aliphatic heterocycles. The van der Waals surface area contributed by atoms with Crippen LogP contribution in [0.1, 0.15) is 26.3 Å². The molecule has 0 aliphatic carbocycles. The lowest BCUT2D eigenvalue weighted by atomic mass is 10.1. The van der Waals surface area contributed by atoms with Gasteiger partial charge in [-0.05, 0) is 62.7 Å². The highest BCUT2D eigenvalue weighted by atomic mass is 79.9. The van der Waals surface area contributed by atoms with Gasteiger partial charge in [0.2, 0.25) is 10.0 Å². The minimum atomic E-state index is -3.70. The minimum absolute atomic E-state index is 0.368. The molecule has 2 rings (SSSR count). The number of halogens is 1. The summed E-state index contributed by atoms with van der Waals surface area (Å²) in [5.41, 5.74) is 4.27. The van der Waals surface area contributed by atoms with Crippen LogP contribution in [0.2, 0.25) is 0 Å². The first-order chi connectivity index (χ1) is 13.6. The van der Waals surface area contributed by atoms with Gasteiger partial charge in [0.1, 0.15) is 11.8 Å². The standard InChI is InChI=1S/C20H24BrN3O4S/c1-5-28-19-12-10-18(11-13-19)24(29(4,26)27)15(3)20(25)23-22-14(2)16-6-8-17(21)9-7-16/h6-13,15H,5H2,1-4H3,(H,23,25)/b22-14-/t15-/m0/s1. The van der Waals surface area contributed by atoms with Crippen molar-refractivity contribution in [2.45, 2.75) is 26.8 Å². The number of nitrogens with zero attached hydrogens (tertiary/aromatic N) is 2. The molecule has 0 saturated heterocycles. The zero-order valence-corrected chi connectivity index (χ0v) is 19.1. The molecular weight excluding hydrogens is 458 g/mol. The topological polar surface area (TPSA) is 88.1 Å². The molecule has 0 aliphatic rings. The van der Waals surface area contributed by atoms with Crippen LogP contribution in [0.15, 0.2) is 58.1 Å². The Labute approximate surface area is 179 Å². The molecule has 1 N–H and O–H groups in total. The van der Waals surface area contributed by atoms with Crippen LogP contribution in [0.4, 0.5) is 5.69 Å². The fourth-order valence-corrected chi connectivity index (χ4v) is 4.09. The number of amides is 1. The quantitative estimate of drug-likeness (QED) is 0.461. The summed E-state index contributed by atoms with van der Waals surface area (Å²) >= 11 is 3.37. The fourth-order valence-electron chi connectivity index (χ4n) is 2.65. The van der Waals surface area contributed by atoms with Crippen molar-refractivity contribution in [1.82, 2.24) is 5.43 Å². The van der Waals surface area contributed by atoms with E-state index in [0.29, 0.717) is 23.8 Å². The Bertz CT molecular complexity index is 974. The van der Waals surface area contributed by atoms with Gasteiger partial charge in [-0.3, -0.25) is 9.10 Å². The van der Waals surface area contributed by atoms with E-state index in [2.05, 4.69) is 26.5 Å². The highest BCUT2D eigenvalue weighted by molar-refractivity contribution is 9.10. The largest absolute Gasteiger partial charge is 0.494 e. The number of carbonyl (C=O) groups excluding carboxylic acids is 1. The number of carbonyl (C=O) groups is 1. The average molecular weight is 482 g/mol. The smallest absolute Gasteiger partial charge is 0.263 e. The van der Waals surface area contributed by atoms with Gasteiger partial charge in [0, 0.05) is 4.47 Å². The van der Waals surface area contributed by atoms with Crippen LogP contribution in [0.25, 0.3) is 0 Å². The van der Waals surface area contributed by atoms with Gasteiger partial charge in [-0.25, -0.2) is 13.8 Å². The van der Waals surface area contributed by atoms with Crippen LogP contribution in [-0.4, -0.2) is 38.9 Å². The predicted octanol–water partition coefficient (Wildman–Crippen LogP) is 3.54. The van der Waals surface area contributed by atoms with Crippen LogP contribution >= 0.6 is 15.9 Å². The first-order valence-corrected chi connectivity index (χ1v) is 11.6. The molecule has 0 radical (unpaired) electrons. The van der Waals surface area contributed by atoms with E-state index in [1.165, 1.54) is 6.92 Å². The van der Waals surface area contributed by atoms with Gasteiger partial charge in [-0.15, -0.1) is 0 Å². The van der Waals surface area contributed by atoms with Crippen LogP contribution in [0.3, 0.4) is 0 Å². The summed E-state index contributed by atoms with van der Waals surface area (Å²) in [5.74, 6) is 0.0808. The first-order valence-electron chi connectivity index (χ1n) is 8.95. The van der Waals surface area contributed by atoms with Gasteiger partial charge in [-0.2, -0.15) is 5.10 Å². The molecule has 0 aromatic heterocycles. The van der Waals surface area contributed by atoms with Gasteiger partial charge in [-0.1, -0.05) is 28.1 Å². The number of sulfonamides is 1. The number of benzene rings is 2. The number of ether oxygens (including phenoxy) is 1. The summed E-state index contributed by atoms with van der Waals surface area (Å²) in [6.07, 6.45) is 1.06. The Morgan fingerprint density at radius 1 is 1.17 bits per heavy atom. The molecule has 2 aromatic carbocycles. The second kappa shape index (κ2) is 9.89. The third kappa shape index (κ3) is 6.30. The first kappa shape index (κ1) is 22.9. The number of anilines is 1. The molecule has 1 amide bonds. The van der Waals surface area contributed by atoms with E-state index in [1.807, 2.05) is 31.2 Å². The predicted molar refractivity (Wildman–Crippen MR) is 119 cm³/mol. The van der Waals surface area contributed by atoms with Crippen LogP contribution in [0.5, 0.6) is 5.75 Å². The number of hydrogen-bond donors (Lipinski definition) is 1. The molecule has 1 atom stereocenters. The van der Waals surface area contributed by atoms with Gasteiger partial charge >= 0.3 is 0 Å². The summed E-state index contributed by atoms with van der Waals surface area (Å²) in [6, 6.07) is 13.0. The van der Waals surface area contributed by atoms with Crippen molar-refractivity contribution < 1.29 is 17.9 Å². The SMILES string of the molecule is CCOc1ccc(N([C@@H](C)C(=O)N/N=C(/C)c2ccc(Br)cc2)S(C)(=O)=O)cc1. The Morgan fingerprint density at radius 2 is 1.76 bits per heavy atom. The molecule has 2 aromatic rings. The van der Waals surface area contributed by atoms with Crippen molar-refractivity contribution in [2.24, 2.45) is 5.10 Å². The normalized spacial score (nSPS) is 12.9. The van der Waals surface area contributed by atoms with Gasteiger partial charge in [0.15, 0.2) is 0 Å². The van der Waals surface area contributed by atoms with Crippen molar-refractivity contribution >= 4 is 43.3 Å². The van der Waals surface area contributed by atoms with Crippen molar-refractivity contribution in [1.29, 1.82) is 0 Å². The molecule has 0 fully saturated rings. The third-order valence-electron chi connectivity index (χ3n) is 4.09. The summed E-state index contributed by atoms with van der Waals surface area (Å²) in [7, 11) is -3.70. The molecule has 29 heavy (non-hydrogen) atoms.